The van der Waals surface area contributed by atoms with Crippen molar-refractivity contribution in [3.8, 4) is 17.1 Å². The third-order valence-corrected chi connectivity index (χ3v) is 4.75. The van der Waals surface area contributed by atoms with E-state index in [9.17, 15) is 0 Å². The lowest BCUT2D eigenvalue weighted by atomic mass is 10.1. The number of aryl methyl sites for hydroxylation is 1. The third kappa shape index (κ3) is 4.04. The molecule has 1 saturated heterocycles. The molecule has 0 unspecified atom stereocenters. The molecular weight excluding hydrogens is 352 g/mol. The minimum atomic E-state index is 0.504. The van der Waals surface area contributed by atoms with Crippen LogP contribution in [-0.4, -0.2) is 48.2 Å². The van der Waals surface area contributed by atoms with Gasteiger partial charge < -0.3 is 20.3 Å². The molecule has 7 nitrogen and oxygen atoms in total. The first kappa shape index (κ1) is 18.2. The number of piperazine rings is 1. The van der Waals surface area contributed by atoms with Gasteiger partial charge in [0.25, 0.3) is 0 Å². The zero-order valence-corrected chi connectivity index (χ0v) is 16.1. The van der Waals surface area contributed by atoms with Crippen LogP contribution >= 0.6 is 0 Å². The second kappa shape index (κ2) is 8.22. The van der Waals surface area contributed by atoms with E-state index in [0.717, 1.165) is 48.9 Å². The van der Waals surface area contributed by atoms with Gasteiger partial charge in [0.2, 0.25) is 5.95 Å². The van der Waals surface area contributed by atoms with Gasteiger partial charge in [0, 0.05) is 43.6 Å². The van der Waals surface area contributed by atoms with Crippen molar-refractivity contribution < 1.29 is 4.74 Å². The second-order valence-electron chi connectivity index (χ2n) is 6.75. The molecule has 2 heterocycles. The number of ether oxygens (including phenoxy) is 1. The van der Waals surface area contributed by atoms with Crippen molar-refractivity contribution in [2.75, 3.05) is 43.5 Å². The van der Waals surface area contributed by atoms with E-state index in [1.165, 1.54) is 11.9 Å². The molecule has 4 rings (SSSR count). The lowest BCUT2D eigenvalue weighted by molar-refractivity contribution is 0.416. The second-order valence-corrected chi connectivity index (χ2v) is 6.75. The molecule has 0 saturated carbocycles. The number of methoxy groups -OCH3 is 1. The summed E-state index contributed by atoms with van der Waals surface area (Å²) in [5.74, 6) is 1.83. The van der Waals surface area contributed by atoms with Crippen LogP contribution in [0.1, 0.15) is 5.56 Å². The van der Waals surface area contributed by atoms with Crippen LogP contribution in [0.5, 0.6) is 5.75 Å². The number of anilines is 3. The monoisotopic (exact) mass is 376 g/mol. The molecular formula is C21H24N6O. The summed E-state index contributed by atoms with van der Waals surface area (Å²) >= 11 is 0. The number of rotatable bonds is 5. The molecule has 0 aliphatic carbocycles. The summed E-state index contributed by atoms with van der Waals surface area (Å²) in [6.07, 6.45) is 1.52. The molecule has 0 spiro atoms. The quantitative estimate of drug-likeness (QED) is 0.709. The van der Waals surface area contributed by atoms with Crippen LogP contribution in [0.15, 0.2) is 48.8 Å². The van der Waals surface area contributed by atoms with Crippen LogP contribution in [0.25, 0.3) is 11.4 Å². The Morgan fingerprint density at radius 2 is 1.93 bits per heavy atom. The molecule has 144 valence electrons. The number of nitrogens with zero attached hydrogens (tertiary/aromatic N) is 4. The fraction of sp³-hybridized carbons (Fsp3) is 0.286. The van der Waals surface area contributed by atoms with Gasteiger partial charge in [-0.2, -0.15) is 4.98 Å². The van der Waals surface area contributed by atoms with Crippen molar-refractivity contribution in [3.63, 3.8) is 0 Å². The summed E-state index contributed by atoms with van der Waals surface area (Å²) in [5, 5.41) is 6.61. The van der Waals surface area contributed by atoms with E-state index >= 15 is 0 Å². The topological polar surface area (TPSA) is 75.2 Å². The first-order valence-corrected chi connectivity index (χ1v) is 9.40. The zero-order valence-electron chi connectivity index (χ0n) is 16.1. The summed E-state index contributed by atoms with van der Waals surface area (Å²) in [6, 6.07) is 14.2. The van der Waals surface area contributed by atoms with Gasteiger partial charge in [-0.25, -0.2) is 9.97 Å². The number of nitrogens with one attached hydrogen (secondary N) is 2. The van der Waals surface area contributed by atoms with Gasteiger partial charge >= 0.3 is 0 Å². The van der Waals surface area contributed by atoms with Crippen LogP contribution in [0, 0.1) is 6.92 Å². The summed E-state index contributed by atoms with van der Waals surface area (Å²) in [4.78, 5) is 15.5. The summed E-state index contributed by atoms with van der Waals surface area (Å²) in [5.41, 5.74) is 4.10. The minimum absolute atomic E-state index is 0.504. The molecule has 7 heteroatoms. The Kier molecular flexibility index (Phi) is 5.34. The van der Waals surface area contributed by atoms with Crippen molar-refractivity contribution in [3.05, 3.63) is 54.4 Å². The Morgan fingerprint density at radius 1 is 1.07 bits per heavy atom. The van der Waals surface area contributed by atoms with Crippen LogP contribution in [0.4, 0.5) is 17.3 Å². The maximum absolute atomic E-state index is 5.64. The Hall–Kier alpha value is -3.19. The first-order valence-electron chi connectivity index (χ1n) is 9.40. The van der Waals surface area contributed by atoms with Crippen molar-refractivity contribution in [2.24, 2.45) is 0 Å². The third-order valence-electron chi connectivity index (χ3n) is 4.75. The van der Waals surface area contributed by atoms with Gasteiger partial charge in [0.1, 0.15) is 12.1 Å². The largest absolute Gasteiger partial charge is 0.496 e. The van der Waals surface area contributed by atoms with E-state index < -0.39 is 0 Å². The highest BCUT2D eigenvalue weighted by atomic mass is 16.5. The molecule has 1 fully saturated rings. The molecule has 2 aromatic carbocycles. The molecule has 2 N–H and O–H groups in total. The molecule has 1 aliphatic rings. The van der Waals surface area contributed by atoms with E-state index in [1.54, 1.807) is 7.11 Å². The molecule has 0 atom stereocenters. The van der Waals surface area contributed by atoms with E-state index in [0.29, 0.717) is 11.8 Å². The first-order chi connectivity index (χ1) is 13.7. The van der Waals surface area contributed by atoms with Gasteiger partial charge in [-0.3, -0.25) is 0 Å². The Labute approximate surface area is 164 Å². The van der Waals surface area contributed by atoms with Gasteiger partial charge in [-0.05, 0) is 36.8 Å². The highest BCUT2D eigenvalue weighted by molar-refractivity contribution is 5.70. The number of hydrogen-bond donors (Lipinski definition) is 2. The van der Waals surface area contributed by atoms with Crippen molar-refractivity contribution >= 4 is 17.3 Å². The zero-order chi connectivity index (χ0) is 19.3. The fourth-order valence-corrected chi connectivity index (χ4v) is 3.32. The van der Waals surface area contributed by atoms with Crippen LogP contribution in [0.2, 0.25) is 0 Å². The number of benzene rings is 2. The summed E-state index contributed by atoms with van der Waals surface area (Å²) < 4.78 is 5.64. The lowest BCUT2D eigenvalue weighted by Gasteiger charge is -2.29. The predicted molar refractivity (Wildman–Crippen MR) is 111 cm³/mol. The van der Waals surface area contributed by atoms with Gasteiger partial charge in [-0.1, -0.05) is 12.1 Å². The molecule has 1 aliphatic heterocycles. The normalized spacial score (nSPS) is 14.0. The van der Waals surface area contributed by atoms with Crippen LogP contribution < -0.4 is 20.3 Å². The Balaban J connectivity index is 1.61. The maximum atomic E-state index is 5.64. The molecule has 28 heavy (non-hydrogen) atoms. The molecule has 1 aromatic heterocycles. The summed E-state index contributed by atoms with van der Waals surface area (Å²) in [7, 11) is 1.67. The van der Waals surface area contributed by atoms with Crippen molar-refractivity contribution in [1.29, 1.82) is 0 Å². The Morgan fingerprint density at radius 3 is 2.71 bits per heavy atom. The van der Waals surface area contributed by atoms with E-state index in [4.69, 9.17) is 4.74 Å². The van der Waals surface area contributed by atoms with E-state index in [-0.39, 0.29) is 0 Å². The van der Waals surface area contributed by atoms with Gasteiger partial charge in [-0.15, -0.1) is 0 Å². The van der Waals surface area contributed by atoms with Crippen molar-refractivity contribution in [1.82, 2.24) is 20.3 Å². The molecule has 0 radical (unpaired) electrons. The van der Waals surface area contributed by atoms with Crippen LogP contribution in [0.3, 0.4) is 0 Å². The highest BCUT2D eigenvalue weighted by Crippen LogP contribution is 2.32. The highest BCUT2D eigenvalue weighted by Gasteiger charge is 2.15. The lowest BCUT2D eigenvalue weighted by Crippen LogP contribution is -2.43. The van der Waals surface area contributed by atoms with Gasteiger partial charge in [0.15, 0.2) is 5.82 Å². The fourth-order valence-electron chi connectivity index (χ4n) is 3.32. The molecule has 0 bridgehead atoms. The summed E-state index contributed by atoms with van der Waals surface area (Å²) in [6.45, 7) is 6.00. The number of hydrogen-bond acceptors (Lipinski definition) is 7. The standard InChI is InChI=1S/C21H24N6O/c1-15-4-3-5-16(12-15)25-21-24-14-23-20(26-21)18-7-6-17(13-19(18)28-2)27-10-8-22-9-11-27/h3-7,12-14,22H,8-11H2,1-2H3,(H,23,24,25,26). The van der Waals surface area contributed by atoms with E-state index in [1.807, 2.05) is 24.3 Å². The van der Waals surface area contributed by atoms with Gasteiger partial charge in [0.05, 0.1) is 12.7 Å². The predicted octanol–water partition coefficient (Wildman–Crippen LogP) is 3.01. The molecule has 0 amide bonds. The van der Waals surface area contributed by atoms with E-state index in [2.05, 4.69) is 55.6 Å². The van der Waals surface area contributed by atoms with Crippen molar-refractivity contribution in [2.45, 2.75) is 6.92 Å². The SMILES string of the molecule is COc1cc(N2CCNCC2)ccc1-c1ncnc(Nc2cccc(C)c2)n1. The average molecular weight is 376 g/mol. The molecule has 3 aromatic rings. The number of aromatic nitrogens is 3. The minimum Gasteiger partial charge on any atom is -0.496 e. The maximum Gasteiger partial charge on any atom is 0.230 e. The van der Waals surface area contributed by atoms with Crippen LogP contribution in [-0.2, 0) is 0 Å². The Bertz CT molecular complexity index is 955. The smallest absolute Gasteiger partial charge is 0.230 e. The average Bonchev–Trinajstić information content (AvgIpc) is 2.74.